The zero-order valence-electron chi connectivity index (χ0n) is 13.8. The highest BCUT2D eigenvalue weighted by atomic mass is 19.1. The molecule has 0 atom stereocenters. The summed E-state index contributed by atoms with van der Waals surface area (Å²) in [5.74, 6) is 0.406. The van der Waals surface area contributed by atoms with Crippen LogP contribution in [0.5, 0.6) is 5.75 Å². The van der Waals surface area contributed by atoms with E-state index in [1.807, 2.05) is 24.3 Å². The first-order valence-corrected chi connectivity index (χ1v) is 8.32. The van der Waals surface area contributed by atoms with Crippen LogP contribution in [0.1, 0.15) is 36.8 Å². The van der Waals surface area contributed by atoms with Gasteiger partial charge >= 0.3 is 0 Å². The van der Waals surface area contributed by atoms with Crippen LogP contribution in [0.15, 0.2) is 48.5 Å². The Morgan fingerprint density at radius 3 is 2.42 bits per heavy atom. The topological polar surface area (TPSA) is 38.3 Å². The molecule has 24 heavy (non-hydrogen) atoms. The minimum absolute atomic E-state index is 0.0825. The molecule has 0 spiro atoms. The van der Waals surface area contributed by atoms with Crippen LogP contribution in [0.25, 0.3) is 0 Å². The molecule has 0 bridgehead atoms. The summed E-state index contributed by atoms with van der Waals surface area (Å²) in [6, 6.07) is 14.2. The highest BCUT2D eigenvalue weighted by molar-refractivity contribution is 5.88. The number of rotatable bonds is 5. The Bertz CT molecular complexity index is 706. The van der Waals surface area contributed by atoms with Gasteiger partial charge in [0.1, 0.15) is 11.6 Å². The monoisotopic (exact) mass is 327 g/mol. The number of amides is 1. The summed E-state index contributed by atoms with van der Waals surface area (Å²) in [6.45, 7) is 0.430. The first-order chi connectivity index (χ1) is 11.7. The number of methoxy groups -OCH3 is 1. The summed E-state index contributed by atoms with van der Waals surface area (Å²) in [5.41, 5.74) is 0.776. The van der Waals surface area contributed by atoms with Gasteiger partial charge in [0.25, 0.3) is 0 Å². The normalized spacial score (nSPS) is 15.9. The van der Waals surface area contributed by atoms with Crippen LogP contribution in [0, 0.1) is 5.82 Å². The van der Waals surface area contributed by atoms with Crippen LogP contribution >= 0.6 is 0 Å². The molecule has 0 aliphatic heterocycles. The minimum atomic E-state index is -0.738. The maximum Gasteiger partial charge on any atom is 0.231 e. The fraction of sp³-hybridized carbons (Fsp3) is 0.350. The van der Waals surface area contributed by atoms with Gasteiger partial charge in [0.15, 0.2) is 0 Å². The predicted octanol–water partition coefficient (Wildman–Crippen LogP) is 3.96. The molecule has 0 aromatic heterocycles. The molecular weight excluding hydrogens is 305 g/mol. The second-order valence-electron chi connectivity index (χ2n) is 6.30. The van der Waals surface area contributed by atoms with Crippen LogP contribution < -0.4 is 10.1 Å². The number of benzene rings is 2. The lowest BCUT2D eigenvalue weighted by Crippen LogP contribution is -2.42. The van der Waals surface area contributed by atoms with E-state index in [4.69, 9.17) is 4.74 Å². The van der Waals surface area contributed by atoms with Gasteiger partial charge in [-0.1, -0.05) is 43.2 Å². The van der Waals surface area contributed by atoms with Crippen molar-refractivity contribution in [1.29, 1.82) is 0 Å². The van der Waals surface area contributed by atoms with E-state index in [-0.39, 0.29) is 11.7 Å². The van der Waals surface area contributed by atoms with Crippen LogP contribution in [0.3, 0.4) is 0 Å². The fourth-order valence-corrected chi connectivity index (χ4v) is 3.54. The Morgan fingerprint density at radius 1 is 1.12 bits per heavy atom. The van der Waals surface area contributed by atoms with Gasteiger partial charge in [-0.25, -0.2) is 4.39 Å². The molecule has 1 fully saturated rings. The van der Waals surface area contributed by atoms with Gasteiger partial charge in [0, 0.05) is 12.1 Å². The standard InChI is InChI=1S/C20H22FNO2/c1-24-16-10-8-15(9-11-16)14-22-19(23)20(12-4-5-13-20)17-6-2-3-7-18(17)21/h2-3,6-11H,4-5,12-14H2,1H3,(H,22,23). The molecule has 2 aromatic rings. The van der Waals surface area contributed by atoms with E-state index in [0.717, 1.165) is 24.2 Å². The van der Waals surface area contributed by atoms with Gasteiger partial charge < -0.3 is 10.1 Å². The molecule has 1 N–H and O–H groups in total. The molecule has 2 aromatic carbocycles. The number of hydrogen-bond acceptors (Lipinski definition) is 2. The van der Waals surface area contributed by atoms with E-state index in [0.29, 0.717) is 24.9 Å². The second-order valence-corrected chi connectivity index (χ2v) is 6.30. The summed E-state index contributed by atoms with van der Waals surface area (Å²) in [5, 5.41) is 3.00. The van der Waals surface area contributed by atoms with E-state index in [1.54, 1.807) is 25.3 Å². The van der Waals surface area contributed by atoms with Crippen LogP contribution in [0.4, 0.5) is 4.39 Å². The molecule has 0 heterocycles. The van der Waals surface area contributed by atoms with Gasteiger partial charge in [-0.2, -0.15) is 0 Å². The van der Waals surface area contributed by atoms with Crippen LogP contribution in [0.2, 0.25) is 0 Å². The van der Waals surface area contributed by atoms with Gasteiger partial charge in [0.05, 0.1) is 12.5 Å². The molecular formula is C20H22FNO2. The maximum atomic E-state index is 14.3. The van der Waals surface area contributed by atoms with Gasteiger partial charge in [-0.15, -0.1) is 0 Å². The fourth-order valence-electron chi connectivity index (χ4n) is 3.54. The van der Waals surface area contributed by atoms with Gasteiger partial charge in [-0.3, -0.25) is 4.79 Å². The number of carbonyl (C=O) groups excluding carboxylic acids is 1. The summed E-state index contributed by atoms with van der Waals surface area (Å²) in [4.78, 5) is 12.9. The van der Waals surface area contributed by atoms with Crippen molar-refractivity contribution in [3.05, 3.63) is 65.5 Å². The predicted molar refractivity (Wildman–Crippen MR) is 91.4 cm³/mol. The lowest BCUT2D eigenvalue weighted by Gasteiger charge is -2.28. The third-order valence-corrected chi connectivity index (χ3v) is 4.89. The Balaban J connectivity index is 1.76. The molecule has 1 amide bonds. The number of carbonyl (C=O) groups is 1. The number of hydrogen-bond donors (Lipinski definition) is 1. The van der Waals surface area contributed by atoms with E-state index < -0.39 is 5.41 Å². The lowest BCUT2D eigenvalue weighted by molar-refractivity contribution is -0.126. The van der Waals surface area contributed by atoms with Crippen molar-refractivity contribution in [2.45, 2.75) is 37.6 Å². The molecule has 3 rings (SSSR count). The first-order valence-electron chi connectivity index (χ1n) is 8.32. The SMILES string of the molecule is COc1ccc(CNC(=O)C2(c3ccccc3F)CCCC2)cc1. The number of halogens is 1. The van der Waals surface area contributed by atoms with Crippen molar-refractivity contribution in [1.82, 2.24) is 5.32 Å². The molecule has 3 nitrogen and oxygen atoms in total. The van der Waals surface area contributed by atoms with Crippen molar-refractivity contribution in [2.75, 3.05) is 7.11 Å². The van der Waals surface area contributed by atoms with Crippen molar-refractivity contribution in [2.24, 2.45) is 0 Å². The van der Waals surface area contributed by atoms with Gasteiger partial charge in [0.2, 0.25) is 5.91 Å². The van der Waals surface area contributed by atoms with Crippen molar-refractivity contribution >= 4 is 5.91 Å². The van der Waals surface area contributed by atoms with Crippen molar-refractivity contribution in [3.63, 3.8) is 0 Å². The summed E-state index contributed by atoms with van der Waals surface area (Å²) < 4.78 is 19.4. The second kappa shape index (κ2) is 7.04. The lowest BCUT2D eigenvalue weighted by atomic mass is 9.77. The highest BCUT2D eigenvalue weighted by Crippen LogP contribution is 2.42. The Labute approximate surface area is 141 Å². The average molecular weight is 327 g/mol. The largest absolute Gasteiger partial charge is 0.497 e. The quantitative estimate of drug-likeness (QED) is 0.902. The van der Waals surface area contributed by atoms with Crippen molar-refractivity contribution in [3.8, 4) is 5.75 Å². The van der Waals surface area contributed by atoms with E-state index in [2.05, 4.69) is 5.32 Å². The Morgan fingerprint density at radius 2 is 1.79 bits per heavy atom. The summed E-state index contributed by atoms with van der Waals surface area (Å²) in [7, 11) is 1.62. The molecule has 0 unspecified atom stereocenters. The number of nitrogens with one attached hydrogen (secondary N) is 1. The summed E-state index contributed by atoms with van der Waals surface area (Å²) >= 11 is 0. The molecule has 126 valence electrons. The van der Waals surface area contributed by atoms with Gasteiger partial charge in [-0.05, 0) is 36.6 Å². The van der Waals surface area contributed by atoms with E-state index in [1.165, 1.54) is 6.07 Å². The average Bonchev–Trinajstić information content (AvgIpc) is 3.11. The van der Waals surface area contributed by atoms with Crippen LogP contribution in [-0.4, -0.2) is 13.0 Å². The third-order valence-electron chi connectivity index (χ3n) is 4.89. The molecule has 0 saturated heterocycles. The number of ether oxygens (including phenoxy) is 1. The molecule has 1 aliphatic rings. The Kier molecular flexibility index (Phi) is 4.84. The smallest absolute Gasteiger partial charge is 0.231 e. The summed E-state index contributed by atoms with van der Waals surface area (Å²) in [6.07, 6.45) is 3.29. The molecule has 4 heteroatoms. The van der Waals surface area contributed by atoms with Crippen molar-refractivity contribution < 1.29 is 13.9 Å². The molecule has 0 radical (unpaired) electrons. The zero-order chi connectivity index (χ0) is 17.0. The zero-order valence-corrected chi connectivity index (χ0v) is 13.8. The first kappa shape index (κ1) is 16.5. The highest BCUT2D eigenvalue weighted by Gasteiger charge is 2.44. The minimum Gasteiger partial charge on any atom is -0.497 e. The Hall–Kier alpha value is -2.36. The third kappa shape index (κ3) is 3.14. The van der Waals surface area contributed by atoms with E-state index in [9.17, 15) is 9.18 Å². The molecule has 1 saturated carbocycles. The van der Waals surface area contributed by atoms with E-state index >= 15 is 0 Å². The maximum absolute atomic E-state index is 14.3. The van der Waals surface area contributed by atoms with Crippen LogP contribution in [-0.2, 0) is 16.8 Å². The molecule has 1 aliphatic carbocycles.